The van der Waals surface area contributed by atoms with E-state index in [-0.39, 0.29) is 0 Å². The zero-order valence-corrected chi connectivity index (χ0v) is 14.3. The van der Waals surface area contributed by atoms with Crippen LogP contribution >= 0.6 is 0 Å². The summed E-state index contributed by atoms with van der Waals surface area (Å²) < 4.78 is 11.1. The predicted octanol–water partition coefficient (Wildman–Crippen LogP) is 2.14. The van der Waals surface area contributed by atoms with Gasteiger partial charge in [0.15, 0.2) is 5.96 Å². The van der Waals surface area contributed by atoms with E-state index >= 15 is 0 Å². The predicted molar refractivity (Wildman–Crippen MR) is 93.6 cm³/mol. The monoisotopic (exact) mass is 319 g/mol. The summed E-state index contributed by atoms with van der Waals surface area (Å²) >= 11 is 0. The number of rotatable bonds is 8. The van der Waals surface area contributed by atoms with Crippen molar-refractivity contribution in [3.8, 4) is 0 Å². The number of hydrogen-bond donors (Lipinski definition) is 1. The molecule has 23 heavy (non-hydrogen) atoms. The van der Waals surface area contributed by atoms with Crippen LogP contribution in [0.25, 0.3) is 0 Å². The molecule has 0 aromatic heterocycles. The van der Waals surface area contributed by atoms with Gasteiger partial charge in [-0.25, -0.2) is 4.99 Å². The Morgan fingerprint density at radius 3 is 2.87 bits per heavy atom. The third-order valence-electron chi connectivity index (χ3n) is 3.80. The number of nitrogens with one attached hydrogen (secondary N) is 1. The molecule has 1 saturated heterocycles. The van der Waals surface area contributed by atoms with E-state index in [1.807, 2.05) is 37.2 Å². The molecule has 0 aliphatic carbocycles. The maximum atomic E-state index is 5.72. The standard InChI is InChI=1S/C18H29N3O2/c1-21(2)18(20-13-16-7-4-3-5-8-16)19-10-6-11-22-14-17-9-12-23-15-17/h3-5,7-8,17H,6,9-15H2,1-2H3,(H,19,20). The fraction of sp³-hybridized carbons (Fsp3) is 0.611. The van der Waals surface area contributed by atoms with Crippen LogP contribution in [0.1, 0.15) is 18.4 Å². The quantitative estimate of drug-likeness (QED) is 0.453. The highest BCUT2D eigenvalue weighted by Gasteiger charge is 2.15. The lowest BCUT2D eigenvalue weighted by Crippen LogP contribution is -2.37. The summed E-state index contributed by atoms with van der Waals surface area (Å²) in [5.74, 6) is 1.51. The van der Waals surface area contributed by atoms with Crippen molar-refractivity contribution in [2.45, 2.75) is 19.4 Å². The second-order valence-electron chi connectivity index (χ2n) is 6.10. The third kappa shape index (κ3) is 7.01. The van der Waals surface area contributed by atoms with Crippen molar-refractivity contribution in [3.63, 3.8) is 0 Å². The first-order valence-electron chi connectivity index (χ1n) is 8.41. The maximum Gasteiger partial charge on any atom is 0.193 e. The summed E-state index contributed by atoms with van der Waals surface area (Å²) in [6.45, 7) is 4.91. The smallest absolute Gasteiger partial charge is 0.193 e. The van der Waals surface area contributed by atoms with Crippen LogP contribution in [0.4, 0.5) is 0 Å². The molecule has 5 nitrogen and oxygen atoms in total. The number of guanidine groups is 1. The van der Waals surface area contributed by atoms with Gasteiger partial charge < -0.3 is 19.7 Å². The van der Waals surface area contributed by atoms with E-state index in [1.165, 1.54) is 5.56 Å². The van der Waals surface area contributed by atoms with Gasteiger partial charge in [0.05, 0.1) is 19.8 Å². The minimum absolute atomic E-state index is 0.590. The molecule has 1 aliphatic heterocycles. The SMILES string of the molecule is CN(C)C(=NCc1ccccc1)NCCCOCC1CCOC1. The Labute approximate surface area is 139 Å². The molecule has 1 fully saturated rings. The van der Waals surface area contributed by atoms with Crippen molar-refractivity contribution >= 4 is 5.96 Å². The van der Waals surface area contributed by atoms with Crippen LogP contribution in [-0.2, 0) is 16.0 Å². The number of hydrogen-bond acceptors (Lipinski definition) is 3. The summed E-state index contributed by atoms with van der Waals surface area (Å²) in [4.78, 5) is 6.66. The number of ether oxygens (including phenoxy) is 2. The topological polar surface area (TPSA) is 46.1 Å². The average molecular weight is 319 g/mol. The molecular weight excluding hydrogens is 290 g/mol. The molecule has 1 aromatic rings. The zero-order chi connectivity index (χ0) is 16.3. The molecule has 1 unspecified atom stereocenters. The molecule has 1 atom stereocenters. The molecule has 0 spiro atoms. The number of benzene rings is 1. The molecule has 1 N–H and O–H groups in total. The Morgan fingerprint density at radius 1 is 1.35 bits per heavy atom. The lowest BCUT2D eigenvalue weighted by molar-refractivity contribution is 0.0887. The second kappa shape index (κ2) is 10.2. The number of aliphatic imine (C=N–C) groups is 1. The Morgan fingerprint density at radius 2 is 2.17 bits per heavy atom. The summed E-state index contributed by atoms with van der Waals surface area (Å²) in [6, 6.07) is 10.3. The summed E-state index contributed by atoms with van der Waals surface area (Å²) in [6.07, 6.45) is 2.11. The van der Waals surface area contributed by atoms with Gasteiger partial charge in [-0.15, -0.1) is 0 Å². The Balaban J connectivity index is 1.62. The first-order valence-corrected chi connectivity index (χ1v) is 8.41. The second-order valence-corrected chi connectivity index (χ2v) is 6.10. The van der Waals surface area contributed by atoms with Crippen LogP contribution in [0.15, 0.2) is 35.3 Å². The van der Waals surface area contributed by atoms with Crippen LogP contribution in [0.5, 0.6) is 0 Å². The Hall–Kier alpha value is -1.59. The first kappa shape index (κ1) is 17.8. The maximum absolute atomic E-state index is 5.72. The summed E-state index contributed by atoms with van der Waals surface area (Å²) in [5.41, 5.74) is 1.22. The fourth-order valence-electron chi connectivity index (χ4n) is 2.44. The van der Waals surface area contributed by atoms with E-state index in [0.717, 1.165) is 51.8 Å². The summed E-state index contributed by atoms with van der Waals surface area (Å²) in [7, 11) is 4.01. The van der Waals surface area contributed by atoms with E-state index in [9.17, 15) is 0 Å². The van der Waals surface area contributed by atoms with Gasteiger partial charge in [0.25, 0.3) is 0 Å². The molecule has 1 aliphatic rings. The molecule has 0 bridgehead atoms. The van der Waals surface area contributed by atoms with Crippen LogP contribution in [0.2, 0.25) is 0 Å². The molecule has 0 radical (unpaired) electrons. The van der Waals surface area contributed by atoms with E-state index in [1.54, 1.807) is 0 Å². The van der Waals surface area contributed by atoms with Crippen LogP contribution in [0, 0.1) is 5.92 Å². The van der Waals surface area contributed by atoms with Gasteiger partial charge in [0.1, 0.15) is 0 Å². The van der Waals surface area contributed by atoms with Gasteiger partial charge in [-0.3, -0.25) is 0 Å². The van der Waals surface area contributed by atoms with Gasteiger partial charge >= 0.3 is 0 Å². The van der Waals surface area contributed by atoms with Crippen LogP contribution < -0.4 is 5.32 Å². The highest BCUT2D eigenvalue weighted by molar-refractivity contribution is 5.79. The molecular formula is C18H29N3O2. The Bertz CT molecular complexity index is 457. The van der Waals surface area contributed by atoms with E-state index in [0.29, 0.717) is 12.5 Å². The van der Waals surface area contributed by atoms with E-state index in [4.69, 9.17) is 9.47 Å². The summed E-state index contributed by atoms with van der Waals surface area (Å²) in [5, 5.41) is 3.39. The van der Waals surface area contributed by atoms with Gasteiger partial charge in [0.2, 0.25) is 0 Å². The largest absolute Gasteiger partial charge is 0.381 e. The average Bonchev–Trinajstić information content (AvgIpc) is 3.07. The first-order chi connectivity index (χ1) is 11.3. The van der Waals surface area contributed by atoms with Crippen molar-refractivity contribution in [1.82, 2.24) is 10.2 Å². The minimum Gasteiger partial charge on any atom is -0.381 e. The normalized spacial score (nSPS) is 18.2. The minimum atomic E-state index is 0.590. The third-order valence-corrected chi connectivity index (χ3v) is 3.80. The molecule has 0 amide bonds. The molecule has 0 saturated carbocycles. The highest BCUT2D eigenvalue weighted by Crippen LogP contribution is 2.12. The van der Waals surface area contributed by atoms with Crippen molar-refractivity contribution in [3.05, 3.63) is 35.9 Å². The molecule has 5 heteroatoms. The van der Waals surface area contributed by atoms with Crippen molar-refractivity contribution in [2.75, 3.05) is 47.1 Å². The lowest BCUT2D eigenvalue weighted by Gasteiger charge is -2.18. The van der Waals surface area contributed by atoms with Crippen molar-refractivity contribution in [1.29, 1.82) is 0 Å². The highest BCUT2D eigenvalue weighted by atomic mass is 16.5. The van der Waals surface area contributed by atoms with Gasteiger partial charge in [0, 0.05) is 39.8 Å². The van der Waals surface area contributed by atoms with Gasteiger partial charge in [-0.1, -0.05) is 30.3 Å². The van der Waals surface area contributed by atoms with Crippen molar-refractivity contribution < 1.29 is 9.47 Å². The van der Waals surface area contributed by atoms with E-state index < -0.39 is 0 Å². The van der Waals surface area contributed by atoms with E-state index in [2.05, 4.69) is 22.4 Å². The van der Waals surface area contributed by atoms with Crippen LogP contribution in [0.3, 0.4) is 0 Å². The van der Waals surface area contributed by atoms with Gasteiger partial charge in [-0.05, 0) is 18.4 Å². The Kier molecular flexibility index (Phi) is 7.90. The molecule has 1 aromatic carbocycles. The van der Waals surface area contributed by atoms with Gasteiger partial charge in [-0.2, -0.15) is 0 Å². The number of nitrogens with zero attached hydrogens (tertiary/aromatic N) is 2. The lowest BCUT2D eigenvalue weighted by atomic mass is 10.1. The van der Waals surface area contributed by atoms with Crippen molar-refractivity contribution in [2.24, 2.45) is 10.9 Å². The molecule has 128 valence electrons. The zero-order valence-electron chi connectivity index (χ0n) is 14.3. The molecule has 1 heterocycles. The molecule has 2 rings (SSSR count). The van der Waals surface area contributed by atoms with Crippen LogP contribution in [-0.4, -0.2) is 57.9 Å². The fourth-order valence-corrected chi connectivity index (χ4v) is 2.44.